The van der Waals surface area contributed by atoms with Crippen molar-refractivity contribution in [3.8, 4) is 0 Å². The van der Waals surface area contributed by atoms with Crippen molar-refractivity contribution in [3.63, 3.8) is 0 Å². The summed E-state index contributed by atoms with van der Waals surface area (Å²) in [5.74, 6) is -0.486. The first-order valence-corrected chi connectivity index (χ1v) is 7.57. The predicted molar refractivity (Wildman–Crippen MR) is 61.9 cm³/mol. The van der Waals surface area contributed by atoms with Gasteiger partial charge in [-0.2, -0.15) is 0 Å². The maximum absolute atomic E-state index is 11.3. The number of halogens is 1. The molecule has 0 rings (SSSR count). The summed E-state index contributed by atoms with van der Waals surface area (Å²) in [7, 11) is -3.31. The van der Waals surface area contributed by atoms with E-state index in [1.807, 2.05) is 0 Å². The third-order valence-corrected chi connectivity index (χ3v) is 3.60. The number of sulfone groups is 1. The number of carbonyl (C=O) groups excluding carboxylic acids is 1. The van der Waals surface area contributed by atoms with E-state index in [4.69, 9.17) is 4.74 Å². The molecule has 0 aromatic heterocycles. The third-order valence-electron chi connectivity index (χ3n) is 1.78. The van der Waals surface area contributed by atoms with E-state index in [-0.39, 0.29) is 0 Å². The Hall–Kier alpha value is -0.140. The number of alkyl halides is 1. The standard InChI is InChI=1S/C8H16BrNO4S/c1-7(15(2,12)13)8(11)10-4-6-14-5-3-9/h7H,3-6H2,1-2H3,(H,10,11). The van der Waals surface area contributed by atoms with Gasteiger partial charge in [-0.05, 0) is 6.92 Å². The van der Waals surface area contributed by atoms with E-state index in [0.717, 1.165) is 11.6 Å². The molecule has 0 aromatic rings. The van der Waals surface area contributed by atoms with Crippen molar-refractivity contribution in [2.24, 2.45) is 0 Å². The number of carbonyl (C=O) groups is 1. The molecule has 0 fully saturated rings. The lowest BCUT2D eigenvalue weighted by atomic mass is 10.4. The largest absolute Gasteiger partial charge is 0.379 e. The van der Waals surface area contributed by atoms with Gasteiger partial charge >= 0.3 is 0 Å². The van der Waals surface area contributed by atoms with Crippen LogP contribution in [0.25, 0.3) is 0 Å². The van der Waals surface area contributed by atoms with Crippen molar-refractivity contribution >= 4 is 31.7 Å². The Morgan fingerprint density at radius 3 is 2.53 bits per heavy atom. The SMILES string of the molecule is CC(C(=O)NCCOCCBr)S(C)(=O)=O. The molecule has 1 atom stereocenters. The van der Waals surface area contributed by atoms with Gasteiger partial charge in [0.1, 0.15) is 5.25 Å². The van der Waals surface area contributed by atoms with Gasteiger partial charge in [0.25, 0.3) is 0 Å². The highest BCUT2D eigenvalue weighted by Gasteiger charge is 2.22. The Balaban J connectivity index is 3.76. The van der Waals surface area contributed by atoms with Crippen LogP contribution >= 0.6 is 15.9 Å². The van der Waals surface area contributed by atoms with Gasteiger partial charge in [0.2, 0.25) is 5.91 Å². The first-order chi connectivity index (χ1) is 6.89. The van der Waals surface area contributed by atoms with Crippen LogP contribution < -0.4 is 5.32 Å². The first-order valence-electron chi connectivity index (χ1n) is 4.50. The lowest BCUT2D eigenvalue weighted by Gasteiger charge is -2.10. The Bertz CT molecular complexity index is 291. The van der Waals surface area contributed by atoms with Crippen LogP contribution in [0.4, 0.5) is 0 Å². The molecule has 0 spiro atoms. The molecule has 0 aliphatic heterocycles. The molecule has 0 bridgehead atoms. The summed E-state index contributed by atoms with van der Waals surface area (Å²) in [5.41, 5.74) is 0. The van der Waals surface area contributed by atoms with E-state index in [2.05, 4.69) is 21.2 Å². The fraction of sp³-hybridized carbons (Fsp3) is 0.875. The van der Waals surface area contributed by atoms with Crippen molar-refractivity contribution in [1.29, 1.82) is 0 Å². The van der Waals surface area contributed by atoms with Crippen molar-refractivity contribution in [3.05, 3.63) is 0 Å². The molecule has 0 saturated carbocycles. The Labute approximate surface area is 98.6 Å². The maximum atomic E-state index is 11.3. The van der Waals surface area contributed by atoms with Crippen molar-refractivity contribution in [2.45, 2.75) is 12.2 Å². The Morgan fingerprint density at radius 1 is 1.47 bits per heavy atom. The quantitative estimate of drug-likeness (QED) is 0.528. The van der Waals surface area contributed by atoms with Crippen molar-refractivity contribution < 1.29 is 17.9 Å². The molecule has 0 radical (unpaired) electrons. The van der Waals surface area contributed by atoms with Crippen LogP contribution in [0.1, 0.15) is 6.92 Å². The third kappa shape index (κ3) is 6.86. The summed E-state index contributed by atoms with van der Waals surface area (Å²) < 4.78 is 27.1. The number of hydrogen-bond acceptors (Lipinski definition) is 4. The average molecular weight is 302 g/mol. The lowest BCUT2D eigenvalue weighted by molar-refractivity contribution is -0.120. The molecule has 90 valence electrons. The van der Waals surface area contributed by atoms with Gasteiger partial charge in [0, 0.05) is 18.1 Å². The summed E-state index contributed by atoms with van der Waals surface area (Å²) in [6.07, 6.45) is 1.04. The summed E-state index contributed by atoms with van der Waals surface area (Å²) >= 11 is 3.19. The second-order valence-corrected chi connectivity index (χ2v) is 6.22. The number of hydrogen-bond donors (Lipinski definition) is 1. The van der Waals surface area contributed by atoms with Crippen molar-refractivity contribution in [1.82, 2.24) is 5.32 Å². The van der Waals surface area contributed by atoms with Crippen LogP contribution in [0, 0.1) is 0 Å². The topological polar surface area (TPSA) is 72.5 Å². The van der Waals surface area contributed by atoms with Gasteiger partial charge in [0.15, 0.2) is 9.84 Å². The minimum atomic E-state index is -3.31. The normalized spacial score (nSPS) is 13.5. The summed E-state index contributed by atoms with van der Waals surface area (Å²) in [6.45, 7) is 2.64. The van der Waals surface area contributed by atoms with Gasteiger partial charge in [-0.25, -0.2) is 8.42 Å². The predicted octanol–water partition coefficient (Wildman–Crippen LogP) is -0.0528. The van der Waals surface area contributed by atoms with Crippen LogP contribution in [-0.2, 0) is 19.4 Å². The molecule has 1 N–H and O–H groups in total. The zero-order valence-corrected chi connectivity index (χ0v) is 11.2. The molecule has 0 aliphatic carbocycles. The molecule has 1 amide bonds. The number of ether oxygens (including phenoxy) is 1. The zero-order valence-electron chi connectivity index (χ0n) is 8.82. The molecule has 0 heterocycles. The Morgan fingerprint density at radius 2 is 2.07 bits per heavy atom. The van der Waals surface area contributed by atoms with Gasteiger partial charge in [-0.15, -0.1) is 0 Å². The smallest absolute Gasteiger partial charge is 0.238 e. The molecule has 7 heteroatoms. The van der Waals surface area contributed by atoms with E-state index < -0.39 is 21.0 Å². The minimum Gasteiger partial charge on any atom is -0.379 e. The second kappa shape index (κ2) is 7.19. The molecule has 0 saturated heterocycles. The fourth-order valence-corrected chi connectivity index (χ4v) is 1.44. The Kier molecular flexibility index (Phi) is 7.12. The highest BCUT2D eigenvalue weighted by molar-refractivity contribution is 9.09. The lowest BCUT2D eigenvalue weighted by Crippen LogP contribution is -2.38. The van der Waals surface area contributed by atoms with Crippen LogP contribution in [0.2, 0.25) is 0 Å². The molecular weight excluding hydrogens is 286 g/mol. The summed E-state index contributed by atoms with van der Waals surface area (Å²) in [4.78, 5) is 11.3. The molecule has 15 heavy (non-hydrogen) atoms. The molecule has 0 aromatic carbocycles. The minimum absolute atomic E-state index is 0.325. The van der Waals surface area contributed by atoms with E-state index in [1.54, 1.807) is 0 Å². The molecule has 5 nitrogen and oxygen atoms in total. The van der Waals surface area contributed by atoms with Crippen LogP contribution in [0.15, 0.2) is 0 Å². The number of rotatable bonds is 7. The van der Waals surface area contributed by atoms with Crippen molar-refractivity contribution in [2.75, 3.05) is 31.3 Å². The van der Waals surface area contributed by atoms with E-state index in [9.17, 15) is 13.2 Å². The summed E-state index contributed by atoms with van der Waals surface area (Å²) in [6, 6.07) is 0. The zero-order chi connectivity index (χ0) is 11.9. The highest BCUT2D eigenvalue weighted by atomic mass is 79.9. The van der Waals surface area contributed by atoms with Gasteiger partial charge in [-0.3, -0.25) is 4.79 Å². The first kappa shape index (κ1) is 14.9. The molecule has 0 aliphatic rings. The van der Waals surface area contributed by atoms with E-state index in [0.29, 0.717) is 19.8 Å². The van der Waals surface area contributed by atoms with E-state index >= 15 is 0 Å². The average Bonchev–Trinajstić information content (AvgIpc) is 2.14. The second-order valence-electron chi connectivity index (χ2n) is 3.06. The monoisotopic (exact) mass is 301 g/mol. The number of nitrogens with one attached hydrogen (secondary N) is 1. The fourth-order valence-electron chi connectivity index (χ4n) is 0.741. The molecular formula is C8H16BrNO4S. The number of amides is 1. The van der Waals surface area contributed by atoms with Gasteiger partial charge < -0.3 is 10.1 Å². The van der Waals surface area contributed by atoms with Crippen LogP contribution in [0.5, 0.6) is 0 Å². The van der Waals surface area contributed by atoms with Gasteiger partial charge in [0.05, 0.1) is 13.2 Å². The molecule has 1 unspecified atom stereocenters. The summed E-state index contributed by atoms with van der Waals surface area (Å²) in [5, 5.41) is 2.22. The van der Waals surface area contributed by atoms with Crippen LogP contribution in [0.3, 0.4) is 0 Å². The highest BCUT2D eigenvalue weighted by Crippen LogP contribution is 1.96. The van der Waals surface area contributed by atoms with Gasteiger partial charge in [-0.1, -0.05) is 15.9 Å². The maximum Gasteiger partial charge on any atom is 0.238 e. The van der Waals surface area contributed by atoms with Crippen LogP contribution in [-0.4, -0.2) is 50.9 Å². The van der Waals surface area contributed by atoms with E-state index in [1.165, 1.54) is 6.92 Å².